The van der Waals surface area contributed by atoms with Gasteiger partial charge in [-0.3, -0.25) is 19.6 Å². The molecule has 3 aromatic rings. The molecule has 2 aromatic heterocycles. The first kappa shape index (κ1) is 20.3. The predicted octanol–water partition coefficient (Wildman–Crippen LogP) is 3.50. The van der Waals surface area contributed by atoms with Crippen molar-refractivity contribution in [3.63, 3.8) is 0 Å². The lowest BCUT2D eigenvalue weighted by Gasteiger charge is -2.24. The summed E-state index contributed by atoms with van der Waals surface area (Å²) in [5, 5.41) is 11.0. The number of hydrogen-bond donors (Lipinski definition) is 1. The molecule has 0 aliphatic carbocycles. The number of carbonyl (C=O) groups excluding carboxylic acids is 2. The fourth-order valence-corrected chi connectivity index (χ4v) is 3.59. The highest BCUT2D eigenvalue weighted by atomic mass is 16.5. The number of rotatable bonds is 6. The van der Waals surface area contributed by atoms with Gasteiger partial charge in [-0.25, -0.2) is 0 Å². The van der Waals surface area contributed by atoms with Crippen LogP contribution in [0.1, 0.15) is 29.9 Å². The summed E-state index contributed by atoms with van der Waals surface area (Å²) in [6.07, 6.45) is 3.22. The normalized spacial score (nSPS) is 17.7. The SMILES string of the molecule is CCOc1ccc(/C(O)=C2/C(=O)C(=O)N(Cc3ccccn3)C2c2ccccn2)cc1. The van der Waals surface area contributed by atoms with E-state index in [9.17, 15) is 14.7 Å². The third-order valence-electron chi connectivity index (χ3n) is 5.01. The first-order valence-electron chi connectivity index (χ1n) is 9.92. The molecule has 1 aliphatic rings. The summed E-state index contributed by atoms with van der Waals surface area (Å²) < 4.78 is 5.43. The molecule has 156 valence electrons. The average molecular weight is 415 g/mol. The van der Waals surface area contributed by atoms with Crippen LogP contribution in [0.5, 0.6) is 5.75 Å². The highest BCUT2D eigenvalue weighted by Gasteiger charge is 2.46. The standard InChI is InChI=1S/C24H21N3O4/c1-2-31-18-11-9-16(10-12-18)22(28)20-21(19-8-4-6-14-26-19)27(24(30)23(20)29)15-17-7-3-5-13-25-17/h3-14,21,28H,2,15H2,1H3/b22-20-. The maximum absolute atomic E-state index is 13.0. The van der Waals surface area contributed by atoms with Crippen LogP contribution in [-0.2, 0) is 16.1 Å². The van der Waals surface area contributed by atoms with E-state index in [-0.39, 0.29) is 17.9 Å². The van der Waals surface area contributed by atoms with Gasteiger partial charge in [-0.05, 0) is 55.5 Å². The van der Waals surface area contributed by atoms with Crippen molar-refractivity contribution in [2.45, 2.75) is 19.5 Å². The molecule has 0 saturated carbocycles. The van der Waals surface area contributed by atoms with Gasteiger partial charge in [0.2, 0.25) is 0 Å². The molecule has 1 aliphatic heterocycles. The van der Waals surface area contributed by atoms with Crippen LogP contribution >= 0.6 is 0 Å². The molecule has 7 nitrogen and oxygen atoms in total. The van der Waals surface area contributed by atoms with Crippen LogP contribution in [0.15, 0.2) is 78.6 Å². The van der Waals surface area contributed by atoms with E-state index in [1.54, 1.807) is 67.0 Å². The Bertz CT molecular complexity index is 1110. The number of hydrogen-bond acceptors (Lipinski definition) is 6. The molecule has 1 saturated heterocycles. The van der Waals surface area contributed by atoms with Crippen molar-refractivity contribution < 1.29 is 19.4 Å². The van der Waals surface area contributed by atoms with Gasteiger partial charge >= 0.3 is 0 Å². The summed E-state index contributed by atoms with van der Waals surface area (Å²) in [4.78, 5) is 35.9. The second-order valence-corrected chi connectivity index (χ2v) is 6.96. The Morgan fingerprint density at radius 2 is 1.71 bits per heavy atom. The predicted molar refractivity (Wildman–Crippen MR) is 114 cm³/mol. The van der Waals surface area contributed by atoms with E-state index in [4.69, 9.17) is 4.74 Å². The molecule has 1 fully saturated rings. The van der Waals surface area contributed by atoms with Crippen LogP contribution in [0.2, 0.25) is 0 Å². The van der Waals surface area contributed by atoms with Crippen molar-refractivity contribution in [1.29, 1.82) is 0 Å². The first-order valence-corrected chi connectivity index (χ1v) is 9.92. The van der Waals surface area contributed by atoms with E-state index < -0.39 is 17.7 Å². The van der Waals surface area contributed by atoms with Gasteiger partial charge in [0.05, 0.1) is 30.1 Å². The van der Waals surface area contributed by atoms with E-state index in [0.717, 1.165) is 0 Å². The monoisotopic (exact) mass is 415 g/mol. The van der Waals surface area contributed by atoms with Gasteiger partial charge in [0.25, 0.3) is 11.7 Å². The Kier molecular flexibility index (Phi) is 5.75. The second-order valence-electron chi connectivity index (χ2n) is 6.96. The average Bonchev–Trinajstić information content (AvgIpc) is 3.05. The van der Waals surface area contributed by atoms with E-state index in [2.05, 4.69) is 9.97 Å². The summed E-state index contributed by atoms with van der Waals surface area (Å²) in [7, 11) is 0. The van der Waals surface area contributed by atoms with Crippen LogP contribution in [0, 0.1) is 0 Å². The Balaban J connectivity index is 1.80. The third kappa shape index (κ3) is 4.02. The zero-order valence-electron chi connectivity index (χ0n) is 16.9. The summed E-state index contributed by atoms with van der Waals surface area (Å²) in [6.45, 7) is 2.51. The molecule has 1 atom stereocenters. The number of aliphatic hydroxyl groups is 1. The number of benzene rings is 1. The van der Waals surface area contributed by atoms with Gasteiger partial charge in [-0.1, -0.05) is 12.1 Å². The van der Waals surface area contributed by atoms with Gasteiger partial charge < -0.3 is 14.7 Å². The molecular weight excluding hydrogens is 394 g/mol. The van der Waals surface area contributed by atoms with Crippen molar-refractivity contribution in [3.8, 4) is 5.75 Å². The van der Waals surface area contributed by atoms with Gasteiger partial charge in [0.15, 0.2) is 0 Å². The summed E-state index contributed by atoms with van der Waals surface area (Å²) in [6, 6.07) is 16.5. The number of pyridine rings is 2. The molecule has 31 heavy (non-hydrogen) atoms. The molecule has 4 rings (SSSR count). The van der Waals surface area contributed by atoms with E-state index >= 15 is 0 Å². The molecule has 3 heterocycles. The highest BCUT2D eigenvalue weighted by Crippen LogP contribution is 2.39. The van der Waals surface area contributed by atoms with E-state index in [1.807, 2.05) is 13.0 Å². The number of Topliss-reactive ketones (excluding diaryl/α,β-unsaturated/α-hetero) is 1. The fraction of sp³-hybridized carbons (Fsp3) is 0.167. The summed E-state index contributed by atoms with van der Waals surface area (Å²) in [5.41, 5.74) is 1.54. The van der Waals surface area contributed by atoms with Crippen LogP contribution in [0.25, 0.3) is 5.76 Å². The first-order chi connectivity index (χ1) is 15.1. The molecular formula is C24H21N3O4. The number of aromatic nitrogens is 2. The quantitative estimate of drug-likeness (QED) is 0.376. The number of nitrogens with zero attached hydrogens (tertiary/aromatic N) is 3. The van der Waals surface area contributed by atoms with Gasteiger partial charge in [0, 0.05) is 18.0 Å². The summed E-state index contributed by atoms with van der Waals surface area (Å²) in [5.74, 6) is -1.05. The van der Waals surface area contributed by atoms with Gasteiger partial charge in [0.1, 0.15) is 17.6 Å². The molecule has 1 N–H and O–H groups in total. The van der Waals surface area contributed by atoms with Crippen molar-refractivity contribution >= 4 is 17.4 Å². The van der Waals surface area contributed by atoms with E-state index in [1.165, 1.54) is 4.90 Å². The maximum Gasteiger partial charge on any atom is 0.296 e. The van der Waals surface area contributed by atoms with Crippen molar-refractivity contribution in [3.05, 3.63) is 95.6 Å². The molecule has 0 spiro atoms. The molecule has 1 unspecified atom stereocenters. The Morgan fingerprint density at radius 3 is 2.32 bits per heavy atom. The number of amides is 1. The van der Waals surface area contributed by atoms with Crippen molar-refractivity contribution in [1.82, 2.24) is 14.9 Å². The lowest BCUT2D eigenvalue weighted by molar-refractivity contribution is -0.140. The largest absolute Gasteiger partial charge is 0.507 e. The van der Waals surface area contributed by atoms with E-state index in [0.29, 0.717) is 29.3 Å². The Hall–Kier alpha value is -4.00. The van der Waals surface area contributed by atoms with Crippen molar-refractivity contribution in [2.75, 3.05) is 6.61 Å². The fourth-order valence-electron chi connectivity index (χ4n) is 3.59. The van der Waals surface area contributed by atoms with Gasteiger partial charge in [-0.15, -0.1) is 0 Å². The van der Waals surface area contributed by atoms with Crippen LogP contribution in [0.3, 0.4) is 0 Å². The zero-order chi connectivity index (χ0) is 21.8. The van der Waals surface area contributed by atoms with Crippen molar-refractivity contribution in [2.24, 2.45) is 0 Å². The lowest BCUT2D eigenvalue weighted by Crippen LogP contribution is -2.29. The minimum absolute atomic E-state index is 0.00351. The van der Waals surface area contributed by atoms with Crippen LogP contribution in [0.4, 0.5) is 0 Å². The zero-order valence-corrected chi connectivity index (χ0v) is 16.9. The number of ether oxygens (including phenoxy) is 1. The Labute approximate surface area is 179 Å². The lowest BCUT2D eigenvalue weighted by atomic mass is 9.98. The number of aliphatic hydroxyl groups excluding tert-OH is 1. The number of likely N-dealkylation sites (tertiary alicyclic amines) is 1. The Morgan fingerprint density at radius 1 is 1.00 bits per heavy atom. The molecule has 7 heteroatoms. The highest BCUT2D eigenvalue weighted by molar-refractivity contribution is 6.46. The van der Waals surface area contributed by atoms with Crippen LogP contribution < -0.4 is 4.74 Å². The topological polar surface area (TPSA) is 92.6 Å². The minimum Gasteiger partial charge on any atom is -0.507 e. The van der Waals surface area contributed by atoms with Gasteiger partial charge in [-0.2, -0.15) is 0 Å². The smallest absolute Gasteiger partial charge is 0.296 e. The molecule has 0 radical (unpaired) electrons. The minimum atomic E-state index is -0.824. The molecule has 1 aromatic carbocycles. The molecule has 0 bridgehead atoms. The van der Waals surface area contributed by atoms with Crippen LogP contribution in [-0.4, -0.2) is 38.3 Å². The molecule has 1 amide bonds. The summed E-state index contributed by atoms with van der Waals surface area (Å²) >= 11 is 0. The number of ketones is 1. The second kappa shape index (κ2) is 8.79. The number of carbonyl (C=O) groups is 2. The maximum atomic E-state index is 13.0. The third-order valence-corrected chi connectivity index (χ3v) is 5.01.